The molecule has 1 aromatic heterocycles. The molecule has 1 heterocycles. The molecule has 1 N–H and O–H groups in total. The van der Waals surface area contributed by atoms with Gasteiger partial charge in [0.05, 0.1) is 16.6 Å². The number of carbonyl (C=O) groups is 1. The summed E-state index contributed by atoms with van der Waals surface area (Å²) >= 11 is 0. The lowest BCUT2D eigenvalue weighted by Crippen LogP contribution is -2.24. The standard InChI is InChI=1S/C20H19F3N4O2/c21-20(22,23)15-9-4-6-11-17(15)24-18(28)12-2-1-7-13-27-19(29)14-8-3-5-10-16(14)25-26-27/h3-6,8-11H,1-2,7,12-13H2,(H,24,28). The number of hydrogen-bond acceptors (Lipinski definition) is 4. The van der Waals surface area contributed by atoms with Crippen LogP contribution >= 0.6 is 0 Å². The number of amides is 1. The van der Waals surface area contributed by atoms with E-state index in [1.165, 1.54) is 22.9 Å². The lowest BCUT2D eigenvalue weighted by molar-refractivity contribution is -0.137. The Morgan fingerprint density at radius 2 is 1.72 bits per heavy atom. The Hall–Kier alpha value is -3.23. The molecule has 0 aliphatic rings. The van der Waals surface area contributed by atoms with E-state index in [0.717, 1.165) is 6.07 Å². The summed E-state index contributed by atoms with van der Waals surface area (Å²) in [5.41, 5.74) is -0.813. The Morgan fingerprint density at radius 1 is 1.00 bits per heavy atom. The molecule has 29 heavy (non-hydrogen) atoms. The van der Waals surface area contributed by atoms with Gasteiger partial charge in [-0.05, 0) is 37.1 Å². The largest absolute Gasteiger partial charge is 0.418 e. The maximum atomic E-state index is 13.0. The van der Waals surface area contributed by atoms with Crippen molar-refractivity contribution in [1.82, 2.24) is 15.0 Å². The number of aryl methyl sites for hydroxylation is 1. The molecule has 3 rings (SSSR count). The van der Waals surface area contributed by atoms with Gasteiger partial charge in [-0.2, -0.15) is 13.2 Å². The van der Waals surface area contributed by atoms with Crippen molar-refractivity contribution in [3.05, 3.63) is 64.4 Å². The van der Waals surface area contributed by atoms with E-state index in [1.807, 2.05) is 0 Å². The van der Waals surface area contributed by atoms with Crippen molar-refractivity contribution < 1.29 is 18.0 Å². The first-order valence-corrected chi connectivity index (χ1v) is 9.15. The normalized spacial score (nSPS) is 11.6. The zero-order chi connectivity index (χ0) is 20.9. The lowest BCUT2D eigenvalue weighted by atomic mass is 10.1. The van der Waals surface area contributed by atoms with Crippen molar-refractivity contribution in [3.63, 3.8) is 0 Å². The summed E-state index contributed by atoms with van der Waals surface area (Å²) in [5, 5.41) is 10.7. The topological polar surface area (TPSA) is 76.9 Å². The van der Waals surface area contributed by atoms with Gasteiger partial charge >= 0.3 is 6.18 Å². The number of para-hydroxylation sites is 1. The first kappa shape index (κ1) is 20.5. The minimum absolute atomic E-state index is 0.0878. The number of unbranched alkanes of at least 4 members (excludes halogenated alkanes) is 2. The van der Waals surface area contributed by atoms with Crippen molar-refractivity contribution in [1.29, 1.82) is 0 Å². The number of hydrogen-bond donors (Lipinski definition) is 1. The van der Waals surface area contributed by atoms with Crippen LogP contribution in [0.2, 0.25) is 0 Å². The third kappa shape index (κ3) is 5.18. The van der Waals surface area contributed by atoms with E-state index >= 15 is 0 Å². The summed E-state index contributed by atoms with van der Waals surface area (Å²) in [6.07, 6.45) is -2.74. The maximum Gasteiger partial charge on any atom is 0.418 e. The van der Waals surface area contributed by atoms with Gasteiger partial charge in [-0.15, -0.1) is 5.10 Å². The molecule has 0 saturated heterocycles. The molecule has 0 atom stereocenters. The highest BCUT2D eigenvalue weighted by molar-refractivity contribution is 5.91. The van der Waals surface area contributed by atoms with Gasteiger partial charge in [-0.3, -0.25) is 9.59 Å². The summed E-state index contributed by atoms with van der Waals surface area (Å²) in [7, 11) is 0. The van der Waals surface area contributed by atoms with Crippen molar-refractivity contribution in [3.8, 4) is 0 Å². The Bertz CT molecular complexity index is 1060. The van der Waals surface area contributed by atoms with Crippen LogP contribution in [-0.4, -0.2) is 20.9 Å². The second-order valence-corrected chi connectivity index (χ2v) is 6.54. The van der Waals surface area contributed by atoms with Gasteiger partial charge in [0, 0.05) is 13.0 Å². The van der Waals surface area contributed by atoms with Crippen LogP contribution in [0.5, 0.6) is 0 Å². The number of alkyl halides is 3. The molecular weight excluding hydrogens is 385 g/mol. The van der Waals surface area contributed by atoms with Crippen LogP contribution in [0, 0.1) is 0 Å². The van der Waals surface area contributed by atoms with E-state index in [9.17, 15) is 22.8 Å². The van der Waals surface area contributed by atoms with E-state index < -0.39 is 17.6 Å². The molecule has 0 fully saturated rings. The van der Waals surface area contributed by atoms with Gasteiger partial charge in [0.25, 0.3) is 5.56 Å². The number of benzene rings is 2. The smallest absolute Gasteiger partial charge is 0.326 e. The predicted octanol–water partition coefficient (Wildman–Crippen LogP) is 4.01. The molecule has 0 aliphatic carbocycles. The van der Waals surface area contributed by atoms with Crippen molar-refractivity contribution in [2.75, 3.05) is 5.32 Å². The van der Waals surface area contributed by atoms with Gasteiger partial charge in [-0.1, -0.05) is 35.9 Å². The second-order valence-electron chi connectivity index (χ2n) is 6.54. The van der Waals surface area contributed by atoms with Gasteiger partial charge in [0.15, 0.2) is 0 Å². The van der Waals surface area contributed by atoms with Crippen LogP contribution in [0.3, 0.4) is 0 Å². The van der Waals surface area contributed by atoms with E-state index in [4.69, 9.17) is 0 Å². The fourth-order valence-electron chi connectivity index (χ4n) is 2.95. The van der Waals surface area contributed by atoms with Crippen LogP contribution in [0.1, 0.15) is 31.2 Å². The number of rotatable bonds is 7. The zero-order valence-corrected chi connectivity index (χ0v) is 15.4. The second kappa shape index (κ2) is 8.85. The van der Waals surface area contributed by atoms with Crippen molar-refractivity contribution in [2.24, 2.45) is 0 Å². The van der Waals surface area contributed by atoms with E-state index in [-0.39, 0.29) is 17.7 Å². The van der Waals surface area contributed by atoms with E-state index in [2.05, 4.69) is 15.6 Å². The molecule has 0 aliphatic heterocycles. The average molecular weight is 404 g/mol. The SMILES string of the molecule is O=C(CCCCCn1nnc2ccccc2c1=O)Nc1ccccc1C(F)(F)F. The van der Waals surface area contributed by atoms with Crippen LogP contribution < -0.4 is 10.9 Å². The summed E-state index contributed by atoms with van der Waals surface area (Å²) in [6.45, 7) is 0.356. The van der Waals surface area contributed by atoms with Gasteiger partial charge in [0.1, 0.15) is 5.52 Å². The minimum atomic E-state index is -4.53. The van der Waals surface area contributed by atoms with Gasteiger partial charge in [-0.25, -0.2) is 4.68 Å². The lowest BCUT2D eigenvalue weighted by Gasteiger charge is -2.13. The summed E-state index contributed by atoms with van der Waals surface area (Å²) in [6, 6.07) is 11.8. The molecule has 0 radical (unpaired) electrons. The number of aromatic nitrogens is 3. The molecule has 0 unspecified atom stereocenters. The van der Waals surface area contributed by atoms with Crippen molar-refractivity contribution in [2.45, 2.75) is 38.4 Å². The molecular formula is C20H19F3N4O2. The van der Waals surface area contributed by atoms with Gasteiger partial charge in [0.2, 0.25) is 5.91 Å². The molecule has 6 nitrogen and oxygen atoms in total. The zero-order valence-electron chi connectivity index (χ0n) is 15.4. The van der Waals surface area contributed by atoms with Gasteiger partial charge < -0.3 is 5.32 Å². The van der Waals surface area contributed by atoms with E-state index in [0.29, 0.717) is 36.7 Å². The van der Waals surface area contributed by atoms with Crippen LogP contribution in [0.25, 0.3) is 10.9 Å². The molecule has 0 saturated carbocycles. The summed E-state index contributed by atoms with van der Waals surface area (Å²) < 4.78 is 40.1. The van der Waals surface area contributed by atoms with Crippen LogP contribution in [0.4, 0.5) is 18.9 Å². The van der Waals surface area contributed by atoms with Crippen LogP contribution in [0.15, 0.2) is 53.3 Å². The highest BCUT2D eigenvalue weighted by Gasteiger charge is 2.33. The highest BCUT2D eigenvalue weighted by atomic mass is 19.4. The fraction of sp³-hybridized carbons (Fsp3) is 0.300. The van der Waals surface area contributed by atoms with E-state index in [1.54, 1.807) is 24.3 Å². The number of fused-ring (bicyclic) bond motifs is 1. The minimum Gasteiger partial charge on any atom is -0.326 e. The molecule has 0 spiro atoms. The predicted molar refractivity (Wildman–Crippen MR) is 102 cm³/mol. The third-order valence-corrected chi connectivity index (χ3v) is 4.41. The Labute approximate surface area is 164 Å². The first-order valence-electron chi connectivity index (χ1n) is 9.15. The molecule has 3 aromatic rings. The van der Waals surface area contributed by atoms with Crippen molar-refractivity contribution >= 4 is 22.5 Å². The monoisotopic (exact) mass is 404 g/mol. The number of nitrogens with zero attached hydrogens (tertiary/aromatic N) is 3. The molecule has 9 heteroatoms. The molecule has 1 amide bonds. The molecule has 152 valence electrons. The number of carbonyl (C=O) groups excluding carboxylic acids is 1. The molecule has 0 bridgehead atoms. The Balaban J connectivity index is 1.48. The molecule has 2 aromatic carbocycles. The third-order valence-electron chi connectivity index (χ3n) is 4.41. The maximum absolute atomic E-state index is 13.0. The number of nitrogens with one attached hydrogen (secondary N) is 1. The first-order chi connectivity index (χ1) is 13.9. The highest BCUT2D eigenvalue weighted by Crippen LogP contribution is 2.34. The summed E-state index contributed by atoms with van der Waals surface area (Å²) in [4.78, 5) is 24.3. The average Bonchev–Trinajstić information content (AvgIpc) is 2.69. The fourth-order valence-corrected chi connectivity index (χ4v) is 2.95. The number of halogens is 3. The number of anilines is 1. The van der Waals surface area contributed by atoms with Crippen LogP contribution in [-0.2, 0) is 17.5 Å². The Kier molecular flexibility index (Phi) is 6.26. The Morgan fingerprint density at radius 3 is 2.52 bits per heavy atom. The summed E-state index contributed by atoms with van der Waals surface area (Å²) in [5.74, 6) is -0.482. The quantitative estimate of drug-likeness (QED) is 0.604.